The lowest BCUT2D eigenvalue weighted by molar-refractivity contribution is 0.184. The summed E-state index contributed by atoms with van der Waals surface area (Å²) < 4.78 is 5.46. The molecule has 2 nitrogen and oxygen atoms in total. The first-order valence-electron chi connectivity index (χ1n) is 5.08. The van der Waals surface area contributed by atoms with Gasteiger partial charge in [-0.3, -0.25) is 4.90 Å². The van der Waals surface area contributed by atoms with Gasteiger partial charge in [0.1, 0.15) is 5.76 Å². The van der Waals surface area contributed by atoms with Crippen LogP contribution in [0.3, 0.4) is 0 Å². The van der Waals surface area contributed by atoms with Crippen LogP contribution >= 0.6 is 0 Å². The van der Waals surface area contributed by atoms with Gasteiger partial charge in [-0.2, -0.15) is 0 Å². The Hall–Kier alpha value is -0.760. The molecule has 0 aliphatic carbocycles. The fourth-order valence-corrected chi connectivity index (χ4v) is 2.19. The molecule has 0 radical (unpaired) electrons. The number of likely N-dealkylation sites (tertiary alicyclic amines) is 1. The maximum Gasteiger partial charge on any atom is 0.120 e. The number of hydrogen-bond acceptors (Lipinski definition) is 2. The summed E-state index contributed by atoms with van der Waals surface area (Å²) in [5, 5.41) is 0. The molecule has 1 aliphatic heterocycles. The van der Waals surface area contributed by atoms with Crippen molar-refractivity contribution in [2.24, 2.45) is 0 Å². The normalized spacial score (nSPS) is 24.4. The van der Waals surface area contributed by atoms with Gasteiger partial charge in [0.15, 0.2) is 0 Å². The predicted octanol–water partition coefficient (Wildman–Crippen LogP) is 2.82. The molecule has 2 heterocycles. The van der Waals surface area contributed by atoms with E-state index in [0.29, 0.717) is 12.1 Å². The molecule has 1 saturated heterocycles. The molecule has 1 aliphatic rings. The molecule has 0 saturated carbocycles. The Bertz CT molecular complexity index is 253. The summed E-state index contributed by atoms with van der Waals surface area (Å²) in [4.78, 5) is 2.51. The smallest absolute Gasteiger partial charge is 0.120 e. The Kier molecular flexibility index (Phi) is 2.40. The average molecular weight is 179 g/mol. The molecular formula is C11H17NO. The van der Waals surface area contributed by atoms with Crippen LogP contribution in [0.2, 0.25) is 0 Å². The molecule has 1 aromatic rings. The van der Waals surface area contributed by atoms with Crippen molar-refractivity contribution in [1.29, 1.82) is 0 Å². The average Bonchev–Trinajstić information content (AvgIpc) is 2.74. The topological polar surface area (TPSA) is 16.4 Å². The van der Waals surface area contributed by atoms with Gasteiger partial charge in [0.2, 0.25) is 0 Å². The van der Waals surface area contributed by atoms with Crippen LogP contribution in [0.4, 0.5) is 0 Å². The predicted molar refractivity (Wildman–Crippen MR) is 52.5 cm³/mol. The lowest BCUT2D eigenvalue weighted by Crippen LogP contribution is -2.29. The third-order valence-corrected chi connectivity index (χ3v) is 2.83. The summed E-state index contributed by atoms with van der Waals surface area (Å²) in [6, 6.07) is 5.21. The lowest BCUT2D eigenvalue weighted by atomic mass is 10.1. The van der Waals surface area contributed by atoms with Crippen molar-refractivity contribution >= 4 is 0 Å². The van der Waals surface area contributed by atoms with Crippen LogP contribution in [0.15, 0.2) is 22.8 Å². The van der Waals surface area contributed by atoms with Crippen molar-refractivity contribution in [2.45, 2.75) is 38.8 Å². The van der Waals surface area contributed by atoms with Crippen LogP contribution in [0.25, 0.3) is 0 Å². The van der Waals surface area contributed by atoms with Crippen LogP contribution in [-0.2, 0) is 0 Å². The maximum absolute atomic E-state index is 5.46. The van der Waals surface area contributed by atoms with Gasteiger partial charge in [-0.15, -0.1) is 0 Å². The van der Waals surface area contributed by atoms with Gasteiger partial charge in [-0.25, -0.2) is 0 Å². The van der Waals surface area contributed by atoms with Gasteiger partial charge in [-0.05, 0) is 45.4 Å². The Labute approximate surface area is 79.5 Å². The molecule has 72 valence electrons. The Morgan fingerprint density at radius 3 is 3.00 bits per heavy atom. The van der Waals surface area contributed by atoms with E-state index >= 15 is 0 Å². The highest BCUT2D eigenvalue weighted by Crippen LogP contribution is 2.33. The summed E-state index contributed by atoms with van der Waals surface area (Å²) in [5.41, 5.74) is 0. The van der Waals surface area contributed by atoms with Crippen molar-refractivity contribution in [3.05, 3.63) is 24.2 Å². The van der Waals surface area contributed by atoms with Crippen LogP contribution in [-0.4, -0.2) is 17.5 Å². The molecule has 2 rings (SSSR count). The third-order valence-electron chi connectivity index (χ3n) is 2.83. The molecule has 0 unspecified atom stereocenters. The van der Waals surface area contributed by atoms with Gasteiger partial charge < -0.3 is 4.42 Å². The maximum atomic E-state index is 5.46. The molecule has 0 bridgehead atoms. The van der Waals surface area contributed by atoms with Crippen molar-refractivity contribution in [3.63, 3.8) is 0 Å². The van der Waals surface area contributed by atoms with E-state index in [4.69, 9.17) is 4.42 Å². The first kappa shape index (κ1) is 8.82. The standard InChI is InChI=1S/C11H17NO/c1-9(2)12-7-3-5-10(12)11-6-4-8-13-11/h4,6,8-10H,3,5,7H2,1-2H3/t10-/m1/s1. The van der Waals surface area contributed by atoms with Gasteiger partial charge in [0.25, 0.3) is 0 Å². The second kappa shape index (κ2) is 3.54. The van der Waals surface area contributed by atoms with E-state index in [1.807, 2.05) is 6.07 Å². The monoisotopic (exact) mass is 179 g/mol. The third kappa shape index (κ3) is 1.63. The molecule has 0 spiro atoms. The highest BCUT2D eigenvalue weighted by atomic mass is 16.3. The van der Waals surface area contributed by atoms with E-state index in [2.05, 4.69) is 24.8 Å². The first-order chi connectivity index (χ1) is 6.29. The molecule has 1 fully saturated rings. The minimum Gasteiger partial charge on any atom is -0.468 e. The van der Waals surface area contributed by atoms with Crippen LogP contribution in [0, 0.1) is 0 Å². The lowest BCUT2D eigenvalue weighted by Gasteiger charge is -2.26. The Morgan fingerprint density at radius 1 is 1.54 bits per heavy atom. The van der Waals surface area contributed by atoms with Crippen LogP contribution < -0.4 is 0 Å². The van der Waals surface area contributed by atoms with E-state index in [1.54, 1.807) is 6.26 Å². The summed E-state index contributed by atoms with van der Waals surface area (Å²) in [7, 11) is 0. The fraction of sp³-hybridized carbons (Fsp3) is 0.636. The highest BCUT2D eigenvalue weighted by molar-refractivity contribution is 5.06. The van der Waals surface area contributed by atoms with Gasteiger partial charge in [0, 0.05) is 6.04 Å². The number of nitrogens with zero attached hydrogens (tertiary/aromatic N) is 1. The fourth-order valence-electron chi connectivity index (χ4n) is 2.19. The van der Waals surface area contributed by atoms with E-state index in [1.165, 1.54) is 19.4 Å². The minimum atomic E-state index is 0.523. The molecular weight excluding hydrogens is 162 g/mol. The molecule has 1 aromatic heterocycles. The second-order valence-corrected chi connectivity index (χ2v) is 4.01. The molecule has 0 amide bonds. The number of furan rings is 1. The van der Waals surface area contributed by atoms with E-state index in [9.17, 15) is 0 Å². The van der Waals surface area contributed by atoms with Crippen molar-refractivity contribution in [1.82, 2.24) is 4.90 Å². The van der Waals surface area contributed by atoms with Gasteiger partial charge >= 0.3 is 0 Å². The van der Waals surface area contributed by atoms with Crippen LogP contribution in [0.5, 0.6) is 0 Å². The molecule has 13 heavy (non-hydrogen) atoms. The zero-order valence-electron chi connectivity index (χ0n) is 8.36. The SMILES string of the molecule is CC(C)N1CCC[C@@H]1c1ccco1. The molecule has 1 atom stereocenters. The van der Waals surface area contributed by atoms with Gasteiger partial charge in [-0.1, -0.05) is 0 Å². The molecule has 2 heteroatoms. The van der Waals surface area contributed by atoms with Crippen molar-refractivity contribution in [2.75, 3.05) is 6.54 Å². The number of hydrogen-bond donors (Lipinski definition) is 0. The highest BCUT2D eigenvalue weighted by Gasteiger charge is 2.29. The van der Waals surface area contributed by atoms with Crippen LogP contribution in [0.1, 0.15) is 38.5 Å². The minimum absolute atomic E-state index is 0.523. The number of rotatable bonds is 2. The Balaban J connectivity index is 2.14. The van der Waals surface area contributed by atoms with E-state index in [0.717, 1.165) is 5.76 Å². The summed E-state index contributed by atoms with van der Waals surface area (Å²) >= 11 is 0. The molecule has 0 N–H and O–H groups in total. The Morgan fingerprint density at radius 2 is 2.38 bits per heavy atom. The summed E-state index contributed by atoms with van der Waals surface area (Å²) in [6.07, 6.45) is 4.31. The quantitative estimate of drug-likeness (QED) is 0.694. The van der Waals surface area contributed by atoms with Crippen molar-refractivity contribution < 1.29 is 4.42 Å². The molecule has 0 aromatic carbocycles. The van der Waals surface area contributed by atoms with Gasteiger partial charge in [0.05, 0.1) is 12.3 Å². The summed E-state index contributed by atoms with van der Waals surface area (Å²) in [6.45, 7) is 5.71. The first-order valence-corrected chi connectivity index (χ1v) is 5.08. The zero-order valence-corrected chi connectivity index (χ0v) is 8.36. The second-order valence-electron chi connectivity index (χ2n) is 4.01. The largest absolute Gasteiger partial charge is 0.468 e. The summed E-state index contributed by atoms with van der Waals surface area (Å²) in [5.74, 6) is 1.13. The van der Waals surface area contributed by atoms with E-state index < -0.39 is 0 Å². The zero-order chi connectivity index (χ0) is 9.26. The van der Waals surface area contributed by atoms with E-state index in [-0.39, 0.29) is 0 Å². The van der Waals surface area contributed by atoms with Crippen molar-refractivity contribution in [3.8, 4) is 0 Å².